The van der Waals surface area contributed by atoms with Crippen LogP contribution in [0.3, 0.4) is 0 Å². The summed E-state index contributed by atoms with van der Waals surface area (Å²) in [5.74, 6) is 0.578. The lowest BCUT2D eigenvalue weighted by Gasteiger charge is -2.29. The van der Waals surface area contributed by atoms with Gasteiger partial charge in [0.2, 0.25) is 0 Å². The Kier molecular flexibility index (Phi) is 4.63. The van der Waals surface area contributed by atoms with E-state index in [0.29, 0.717) is 22.9 Å². The van der Waals surface area contributed by atoms with Crippen LogP contribution in [0.4, 0.5) is 0 Å². The van der Waals surface area contributed by atoms with E-state index < -0.39 is 0 Å². The first-order valence-corrected chi connectivity index (χ1v) is 6.51. The van der Waals surface area contributed by atoms with Crippen molar-refractivity contribution in [2.45, 2.75) is 6.10 Å². The van der Waals surface area contributed by atoms with Crippen molar-refractivity contribution >= 4 is 17.4 Å². The van der Waals surface area contributed by atoms with Gasteiger partial charge in [-0.15, -0.1) is 0 Å². The number of nitrogens with one attached hydrogen (secondary N) is 1. The molecule has 3 N–H and O–H groups in total. The maximum atomic E-state index is 7.34. The van der Waals surface area contributed by atoms with Crippen molar-refractivity contribution in [2.24, 2.45) is 5.73 Å². The molecule has 104 valence electrons. The molecule has 0 amide bonds. The van der Waals surface area contributed by atoms with Crippen LogP contribution in [0, 0.1) is 5.41 Å². The zero-order chi connectivity index (χ0) is 13.8. The molecule has 1 aliphatic heterocycles. The van der Waals surface area contributed by atoms with Gasteiger partial charge in [0, 0.05) is 18.7 Å². The van der Waals surface area contributed by atoms with Gasteiger partial charge in [-0.1, -0.05) is 11.6 Å². The van der Waals surface area contributed by atoms with Crippen molar-refractivity contribution in [1.82, 2.24) is 4.90 Å². The highest BCUT2D eigenvalue weighted by molar-refractivity contribution is 6.32. The molecule has 1 aliphatic rings. The van der Waals surface area contributed by atoms with Crippen LogP contribution in [-0.2, 0) is 4.74 Å². The smallest absolute Gasteiger partial charge is 0.138 e. The molecule has 2 rings (SSSR count). The molecule has 0 radical (unpaired) electrons. The number of morpholine rings is 1. The van der Waals surface area contributed by atoms with Gasteiger partial charge in [-0.2, -0.15) is 0 Å². The molecule has 0 aromatic heterocycles. The third-order valence-corrected chi connectivity index (χ3v) is 3.30. The standard InChI is InChI=1S/C13H18ClN3O2/c1-17-4-5-18-10(7-17)8-19-12-3-2-9(13(15)16)6-11(12)14/h2-3,6,10H,4-5,7-8H2,1H3,(H3,15,16). The van der Waals surface area contributed by atoms with Gasteiger partial charge in [0.1, 0.15) is 24.3 Å². The molecule has 0 spiro atoms. The van der Waals surface area contributed by atoms with Gasteiger partial charge >= 0.3 is 0 Å². The Bertz CT molecular complexity index is 467. The second-order valence-corrected chi connectivity index (χ2v) is 5.03. The van der Waals surface area contributed by atoms with Crippen LogP contribution < -0.4 is 10.5 Å². The third kappa shape index (κ3) is 3.83. The normalized spacial score (nSPS) is 20.2. The van der Waals surface area contributed by atoms with Gasteiger partial charge in [-0.25, -0.2) is 0 Å². The average Bonchev–Trinajstić information content (AvgIpc) is 2.37. The SMILES string of the molecule is CN1CCOC(COc2ccc(C(=N)N)cc2Cl)C1. The van der Waals surface area contributed by atoms with Crippen LogP contribution in [0.5, 0.6) is 5.75 Å². The molecule has 1 unspecified atom stereocenters. The van der Waals surface area contributed by atoms with Crippen LogP contribution in [0.15, 0.2) is 18.2 Å². The molecule has 0 bridgehead atoms. The Balaban J connectivity index is 1.94. The number of ether oxygens (including phenoxy) is 2. The summed E-state index contributed by atoms with van der Waals surface area (Å²) in [5.41, 5.74) is 5.99. The van der Waals surface area contributed by atoms with Crippen molar-refractivity contribution in [2.75, 3.05) is 33.4 Å². The van der Waals surface area contributed by atoms with Gasteiger partial charge < -0.3 is 20.1 Å². The third-order valence-electron chi connectivity index (χ3n) is 3.01. The van der Waals surface area contributed by atoms with E-state index in [0.717, 1.165) is 19.7 Å². The fourth-order valence-electron chi connectivity index (χ4n) is 1.94. The van der Waals surface area contributed by atoms with E-state index in [-0.39, 0.29) is 11.9 Å². The van der Waals surface area contributed by atoms with E-state index in [2.05, 4.69) is 11.9 Å². The molecule has 1 fully saturated rings. The molecule has 0 aliphatic carbocycles. The molecule has 1 atom stereocenters. The Morgan fingerprint density at radius 3 is 3.05 bits per heavy atom. The summed E-state index contributed by atoms with van der Waals surface area (Å²) in [6.07, 6.45) is 0.0577. The molecular formula is C13H18ClN3O2. The highest BCUT2D eigenvalue weighted by atomic mass is 35.5. The van der Waals surface area contributed by atoms with Crippen molar-refractivity contribution < 1.29 is 9.47 Å². The summed E-state index contributed by atoms with van der Waals surface area (Å²) in [7, 11) is 2.06. The zero-order valence-corrected chi connectivity index (χ0v) is 11.6. The lowest BCUT2D eigenvalue weighted by Crippen LogP contribution is -2.42. The van der Waals surface area contributed by atoms with Crippen LogP contribution in [-0.4, -0.2) is 50.2 Å². The lowest BCUT2D eigenvalue weighted by atomic mass is 10.2. The Hall–Kier alpha value is -1.30. The number of rotatable bonds is 4. The quantitative estimate of drug-likeness (QED) is 0.646. The minimum Gasteiger partial charge on any atom is -0.489 e. The number of nitrogens with two attached hydrogens (primary N) is 1. The van der Waals surface area contributed by atoms with Crippen LogP contribution in [0.2, 0.25) is 5.02 Å². The second kappa shape index (κ2) is 6.23. The number of amidine groups is 1. The highest BCUT2D eigenvalue weighted by Gasteiger charge is 2.18. The van der Waals surface area contributed by atoms with E-state index in [9.17, 15) is 0 Å². The molecule has 1 heterocycles. The van der Waals surface area contributed by atoms with E-state index in [1.807, 2.05) is 0 Å². The highest BCUT2D eigenvalue weighted by Crippen LogP contribution is 2.25. The molecule has 1 aromatic carbocycles. The maximum absolute atomic E-state index is 7.34. The zero-order valence-electron chi connectivity index (χ0n) is 10.9. The first-order chi connectivity index (χ1) is 9.06. The van der Waals surface area contributed by atoms with Crippen molar-refractivity contribution in [3.05, 3.63) is 28.8 Å². The summed E-state index contributed by atoms with van der Waals surface area (Å²) in [4.78, 5) is 2.21. The fourth-order valence-corrected chi connectivity index (χ4v) is 2.17. The molecule has 0 saturated carbocycles. The minimum absolute atomic E-state index is 0.00862. The number of nitrogen functional groups attached to an aromatic ring is 1. The molecule has 6 heteroatoms. The van der Waals surface area contributed by atoms with Gasteiger partial charge in [0.25, 0.3) is 0 Å². The first-order valence-electron chi connectivity index (χ1n) is 6.13. The summed E-state index contributed by atoms with van der Waals surface area (Å²) in [6, 6.07) is 5.08. The largest absolute Gasteiger partial charge is 0.489 e. The predicted octanol–water partition coefficient (Wildman–Crippen LogP) is 1.33. The van der Waals surface area contributed by atoms with Gasteiger partial charge in [-0.3, -0.25) is 5.41 Å². The topological polar surface area (TPSA) is 71.6 Å². The number of likely N-dealkylation sites (N-methyl/N-ethyl adjacent to an activating group) is 1. The molecule has 1 aromatic rings. The van der Waals surface area contributed by atoms with Crippen molar-refractivity contribution in [3.63, 3.8) is 0 Å². The maximum Gasteiger partial charge on any atom is 0.138 e. The number of nitrogens with zero attached hydrogens (tertiary/aromatic N) is 1. The molecule has 5 nitrogen and oxygen atoms in total. The van der Waals surface area contributed by atoms with Gasteiger partial charge in [0.05, 0.1) is 11.6 Å². The molecular weight excluding hydrogens is 266 g/mol. The predicted molar refractivity (Wildman–Crippen MR) is 75.2 cm³/mol. The van der Waals surface area contributed by atoms with E-state index in [1.54, 1.807) is 18.2 Å². The fraction of sp³-hybridized carbons (Fsp3) is 0.462. The Morgan fingerprint density at radius 1 is 1.63 bits per heavy atom. The summed E-state index contributed by atoms with van der Waals surface area (Å²) in [5, 5.41) is 7.80. The number of benzene rings is 1. The van der Waals surface area contributed by atoms with Crippen molar-refractivity contribution in [3.8, 4) is 5.75 Å². The first kappa shape index (κ1) is 14.1. The Morgan fingerprint density at radius 2 is 2.42 bits per heavy atom. The molecule has 1 saturated heterocycles. The summed E-state index contributed by atoms with van der Waals surface area (Å²) >= 11 is 6.09. The van der Waals surface area contributed by atoms with Crippen molar-refractivity contribution in [1.29, 1.82) is 5.41 Å². The van der Waals surface area contributed by atoms with Gasteiger partial charge in [-0.05, 0) is 25.2 Å². The number of hydrogen-bond donors (Lipinski definition) is 2. The van der Waals surface area contributed by atoms with E-state index >= 15 is 0 Å². The summed E-state index contributed by atoms with van der Waals surface area (Å²) < 4.78 is 11.3. The number of halogens is 1. The van der Waals surface area contributed by atoms with E-state index in [1.165, 1.54) is 0 Å². The van der Waals surface area contributed by atoms with Crippen LogP contribution in [0.25, 0.3) is 0 Å². The van der Waals surface area contributed by atoms with Crippen LogP contribution in [0.1, 0.15) is 5.56 Å². The monoisotopic (exact) mass is 283 g/mol. The van der Waals surface area contributed by atoms with Gasteiger partial charge in [0.15, 0.2) is 0 Å². The van der Waals surface area contributed by atoms with E-state index in [4.69, 9.17) is 32.2 Å². The second-order valence-electron chi connectivity index (χ2n) is 4.62. The Labute approximate surface area is 117 Å². The molecule has 19 heavy (non-hydrogen) atoms. The van der Waals surface area contributed by atoms with Crippen LogP contribution >= 0.6 is 11.6 Å². The lowest BCUT2D eigenvalue weighted by molar-refractivity contribution is -0.0403. The minimum atomic E-state index is -0.00862. The number of hydrogen-bond acceptors (Lipinski definition) is 4. The summed E-state index contributed by atoms with van der Waals surface area (Å²) in [6.45, 7) is 2.98. The average molecular weight is 284 g/mol.